The topological polar surface area (TPSA) is 130 Å². The average molecular weight is 461 g/mol. The predicted octanol–water partition coefficient (Wildman–Crippen LogP) is 4.29. The van der Waals surface area contributed by atoms with Crippen LogP contribution < -0.4 is 0 Å². The van der Waals surface area contributed by atoms with Gasteiger partial charge in [-0.05, 0) is 28.9 Å². The molecule has 1 aromatic heterocycles. The fourth-order valence-corrected chi connectivity index (χ4v) is 3.34. The van der Waals surface area contributed by atoms with Crippen LogP contribution in [-0.2, 0) is 4.74 Å². The van der Waals surface area contributed by atoms with Crippen molar-refractivity contribution >= 4 is 33.3 Å². The third kappa shape index (κ3) is 3.85. The van der Waals surface area contributed by atoms with E-state index in [0.29, 0.717) is 11.3 Å². The number of aromatic nitrogens is 2. The van der Waals surface area contributed by atoms with Crippen molar-refractivity contribution in [2.24, 2.45) is 0 Å². The second-order valence-electron chi connectivity index (χ2n) is 5.70. The van der Waals surface area contributed by atoms with Crippen LogP contribution in [0.1, 0.15) is 17.4 Å². The number of carbonyl (C=O) groups excluding carboxylic acids is 1. The van der Waals surface area contributed by atoms with Gasteiger partial charge in [0.25, 0.3) is 5.69 Å². The van der Waals surface area contributed by atoms with Crippen LogP contribution in [0.4, 0.5) is 11.4 Å². The van der Waals surface area contributed by atoms with E-state index in [4.69, 9.17) is 4.74 Å². The van der Waals surface area contributed by atoms with Crippen molar-refractivity contribution in [2.75, 3.05) is 6.61 Å². The first-order valence-electron chi connectivity index (χ1n) is 8.29. The molecule has 148 valence electrons. The van der Waals surface area contributed by atoms with Crippen LogP contribution in [0.5, 0.6) is 0 Å². The minimum atomic E-state index is -0.739. The van der Waals surface area contributed by atoms with Crippen LogP contribution in [0, 0.1) is 20.2 Å². The molecule has 0 N–H and O–H groups in total. The number of nitro groups is 2. The van der Waals surface area contributed by atoms with Gasteiger partial charge in [0.05, 0.1) is 32.7 Å². The Morgan fingerprint density at radius 2 is 1.83 bits per heavy atom. The molecular formula is C18H13BrN4O6. The minimum Gasteiger partial charge on any atom is -0.461 e. The third-order valence-corrected chi connectivity index (χ3v) is 4.69. The summed E-state index contributed by atoms with van der Waals surface area (Å²) in [5.74, 6) is -0.708. The van der Waals surface area contributed by atoms with Gasteiger partial charge in [-0.1, -0.05) is 30.3 Å². The van der Waals surface area contributed by atoms with Gasteiger partial charge in [0.2, 0.25) is 0 Å². The zero-order chi connectivity index (χ0) is 21.1. The average Bonchev–Trinajstić information content (AvgIpc) is 3.05. The summed E-state index contributed by atoms with van der Waals surface area (Å²) in [6.45, 7) is 1.76. The number of esters is 1. The summed E-state index contributed by atoms with van der Waals surface area (Å²) in [5, 5.41) is 26.8. The van der Waals surface area contributed by atoms with E-state index in [0.717, 1.165) is 12.1 Å². The number of benzene rings is 2. The molecular weight excluding hydrogens is 448 g/mol. The van der Waals surface area contributed by atoms with Gasteiger partial charge in [-0.2, -0.15) is 5.10 Å². The second-order valence-corrected chi connectivity index (χ2v) is 6.49. The van der Waals surface area contributed by atoms with Crippen molar-refractivity contribution in [3.05, 3.63) is 78.9 Å². The lowest BCUT2D eigenvalue weighted by atomic mass is 10.1. The summed E-state index contributed by atoms with van der Waals surface area (Å²) >= 11 is 3.34. The van der Waals surface area contributed by atoms with Crippen molar-refractivity contribution in [3.63, 3.8) is 0 Å². The maximum atomic E-state index is 12.3. The van der Waals surface area contributed by atoms with Crippen molar-refractivity contribution in [1.29, 1.82) is 0 Å². The Bertz CT molecular complexity index is 1110. The highest BCUT2D eigenvalue weighted by Crippen LogP contribution is 2.37. The monoisotopic (exact) mass is 460 g/mol. The number of non-ortho nitro benzene ring substituents is 1. The molecule has 11 heteroatoms. The Kier molecular flexibility index (Phi) is 5.69. The standard InChI is InChI=1S/C18H13BrN4O6/c1-2-29-18(24)16-15(19)17(11-6-4-3-5-7-11)21(20-16)13-9-8-12(22(25)26)10-14(13)23(27)28/h3-10H,2H2,1H3. The summed E-state index contributed by atoms with van der Waals surface area (Å²) in [7, 11) is 0. The van der Waals surface area contributed by atoms with Gasteiger partial charge in [-0.15, -0.1) is 0 Å². The Hall–Kier alpha value is -3.60. The molecule has 0 aliphatic heterocycles. The molecule has 0 aliphatic rings. The summed E-state index contributed by atoms with van der Waals surface area (Å²) in [6, 6.07) is 12.0. The van der Waals surface area contributed by atoms with Gasteiger partial charge in [-0.25, -0.2) is 9.48 Å². The third-order valence-electron chi connectivity index (χ3n) is 3.94. The predicted molar refractivity (Wildman–Crippen MR) is 106 cm³/mol. The van der Waals surface area contributed by atoms with Gasteiger partial charge < -0.3 is 4.74 Å². The largest absolute Gasteiger partial charge is 0.461 e. The van der Waals surface area contributed by atoms with E-state index in [1.54, 1.807) is 37.3 Å². The number of nitro benzene ring substituents is 2. The smallest absolute Gasteiger partial charge is 0.360 e. The van der Waals surface area contributed by atoms with Gasteiger partial charge in [-0.3, -0.25) is 20.2 Å². The van der Waals surface area contributed by atoms with Gasteiger partial charge in [0, 0.05) is 11.6 Å². The van der Waals surface area contributed by atoms with E-state index in [9.17, 15) is 25.0 Å². The zero-order valence-electron chi connectivity index (χ0n) is 14.9. The molecule has 3 aromatic rings. The Labute approximate surface area is 172 Å². The molecule has 29 heavy (non-hydrogen) atoms. The Balaban J connectivity index is 2.32. The lowest BCUT2D eigenvalue weighted by Crippen LogP contribution is -2.08. The molecule has 0 atom stereocenters. The summed E-state index contributed by atoms with van der Waals surface area (Å²) < 4.78 is 6.50. The first kappa shape index (κ1) is 20.1. The maximum absolute atomic E-state index is 12.3. The molecule has 0 radical (unpaired) electrons. The summed E-state index contributed by atoms with van der Waals surface area (Å²) in [5.41, 5.74) is -0.0740. The lowest BCUT2D eigenvalue weighted by Gasteiger charge is -2.08. The SMILES string of the molecule is CCOC(=O)c1nn(-c2ccc([N+](=O)[O-])cc2[N+](=O)[O-])c(-c2ccccc2)c1Br. The second kappa shape index (κ2) is 8.19. The highest BCUT2D eigenvalue weighted by Gasteiger charge is 2.28. The van der Waals surface area contributed by atoms with Crippen molar-refractivity contribution in [2.45, 2.75) is 6.92 Å². The minimum absolute atomic E-state index is 0.0318. The molecule has 0 fully saturated rings. The fraction of sp³-hybridized carbons (Fsp3) is 0.111. The number of hydrogen-bond donors (Lipinski definition) is 0. The maximum Gasteiger partial charge on any atom is 0.360 e. The first-order valence-corrected chi connectivity index (χ1v) is 9.08. The molecule has 0 aliphatic carbocycles. The molecule has 3 rings (SSSR count). The molecule has 1 heterocycles. The van der Waals surface area contributed by atoms with Crippen LogP contribution in [0.2, 0.25) is 0 Å². The van der Waals surface area contributed by atoms with Crippen LogP contribution in [0.3, 0.4) is 0 Å². The number of halogens is 1. The van der Waals surface area contributed by atoms with E-state index in [2.05, 4.69) is 21.0 Å². The summed E-state index contributed by atoms with van der Waals surface area (Å²) in [4.78, 5) is 33.4. The van der Waals surface area contributed by atoms with Crippen LogP contribution in [-0.4, -0.2) is 32.2 Å². The molecule has 2 aromatic carbocycles. The van der Waals surface area contributed by atoms with Crippen molar-refractivity contribution in [3.8, 4) is 16.9 Å². The number of nitrogens with zero attached hydrogens (tertiary/aromatic N) is 4. The first-order chi connectivity index (χ1) is 13.8. The van der Waals surface area contributed by atoms with E-state index in [1.165, 1.54) is 10.7 Å². The molecule has 0 saturated heterocycles. The highest BCUT2D eigenvalue weighted by atomic mass is 79.9. The van der Waals surface area contributed by atoms with E-state index in [1.807, 2.05) is 0 Å². The van der Waals surface area contributed by atoms with Crippen LogP contribution >= 0.6 is 15.9 Å². The molecule has 10 nitrogen and oxygen atoms in total. The van der Waals surface area contributed by atoms with Crippen LogP contribution in [0.25, 0.3) is 16.9 Å². The van der Waals surface area contributed by atoms with Crippen molar-refractivity contribution in [1.82, 2.24) is 9.78 Å². The molecule has 0 saturated carbocycles. The van der Waals surface area contributed by atoms with Crippen LogP contribution in [0.15, 0.2) is 53.0 Å². The number of hydrogen-bond acceptors (Lipinski definition) is 7. The normalized spacial score (nSPS) is 10.6. The zero-order valence-corrected chi connectivity index (χ0v) is 16.5. The number of carbonyl (C=O) groups is 1. The molecule has 0 spiro atoms. The molecule has 0 amide bonds. The van der Waals surface area contributed by atoms with Crippen molar-refractivity contribution < 1.29 is 19.4 Å². The number of rotatable bonds is 6. The van der Waals surface area contributed by atoms with E-state index < -0.39 is 27.2 Å². The highest BCUT2D eigenvalue weighted by molar-refractivity contribution is 9.10. The quantitative estimate of drug-likeness (QED) is 0.304. The van der Waals surface area contributed by atoms with Gasteiger partial charge in [0.1, 0.15) is 5.69 Å². The molecule has 0 unspecified atom stereocenters. The van der Waals surface area contributed by atoms with E-state index in [-0.39, 0.29) is 22.5 Å². The van der Waals surface area contributed by atoms with Gasteiger partial charge >= 0.3 is 11.7 Å². The molecule has 0 bridgehead atoms. The summed E-state index contributed by atoms with van der Waals surface area (Å²) in [6.07, 6.45) is 0. The Morgan fingerprint density at radius 3 is 2.41 bits per heavy atom. The number of ether oxygens (including phenoxy) is 1. The fourth-order valence-electron chi connectivity index (χ4n) is 2.70. The van der Waals surface area contributed by atoms with Gasteiger partial charge in [0.15, 0.2) is 5.69 Å². The Morgan fingerprint density at radius 1 is 1.14 bits per heavy atom. The van der Waals surface area contributed by atoms with E-state index >= 15 is 0 Å². The lowest BCUT2D eigenvalue weighted by molar-refractivity contribution is -0.394.